The predicted octanol–water partition coefficient (Wildman–Crippen LogP) is 5.41. The number of phenolic OH excluding ortho intramolecular Hbond substituents is 1. The van der Waals surface area contributed by atoms with E-state index in [1.807, 2.05) is 12.1 Å². The SMILES string of the molecule is CC(C)(OC(=O)CCSc1ccc(O)cc1)C12CC3CC(CC(C3)C1)C2. The molecule has 4 saturated carbocycles. The van der Waals surface area contributed by atoms with Crippen LogP contribution in [0.25, 0.3) is 0 Å². The van der Waals surface area contributed by atoms with Gasteiger partial charge in [0.1, 0.15) is 11.4 Å². The van der Waals surface area contributed by atoms with Crippen molar-refractivity contribution in [3.05, 3.63) is 24.3 Å². The molecule has 1 aromatic carbocycles. The van der Waals surface area contributed by atoms with Gasteiger partial charge in [0, 0.05) is 16.1 Å². The van der Waals surface area contributed by atoms with Crippen molar-refractivity contribution >= 4 is 17.7 Å². The van der Waals surface area contributed by atoms with Crippen LogP contribution in [-0.2, 0) is 9.53 Å². The van der Waals surface area contributed by atoms with Crippen molar-refractivity contribution in [2.24, 2.45) is 23.2 Å². The maximum Gasteiger partial charge on any atom is 0.307 e. The summed E-state index contributed by atoms with van der Waals surface area (Å²) in [5, 5.41) is 9.33. The highest BCUT2D eigenvalue weighted by atomic mass is 32.2. The van der Waals surface area contributed by atoms with Crippen molar-refractivity contribution in [3.8, 4) is 5.75 Å². The molecule has 142 valence electrons. The van der Waals surface area contributed by atoms with E-state index in [4.69, 9.17) is 4.74 Å². The lowest BCUT2D eigenvalue weighted by molar-refractivity contribution is -0.198. The van der Waals surface area contributed by atoms with E-state index in [0.717, 1.165) is 22.6 Å². The number of thioether (sulfide) groups is 1. The number of carbonyl (C=O) groups is 1. The summed E-state index contributed by atoms with van der Waals surface area (Å²) in [4.78, 5) is 13.6. The molecule has 4 aliphatic rings. The van der Waals surface area contributed by atoms with Gasteiger partial charge in [0.25, 0.3) is 0 Å². The van der Waals surface area contributed by atoms with Crippen LogP contribution in [0.15, 0.2) is 29.2 Å². The molecule has 0 aromatic heterocycles. The standard InChI is InChI=1S/C22H30O3S/c1-21(2,22-12-15-9-16(13-22)11-17(10-15)14-22)25-20(24)7-8-26-19-5-3-18(23)4-6-19/h3-6,15-17,23H,7-14H2,1-2H3. The maximum absolute atomic E-state index is 12.5. The van der Waals surface area contributed by atoms with Crippen LogP contribution in [0.2, 0.25) is 0 Å². The van der Waals surface area contributed by atoms with Gasteiger partial charge in [-0.3, -0.25) is 4.79 Å². The lowest BCUT2D eigenvalue weighted by Crippen LogP contribution is -2.57. The first-order valence-corrected chi connectivity index (χ1v) is 11.0. The topological polar surface area (TPSA) is 46.5 Å². The summed E-state index contributed by atoms with van der Waals surface area (Å²) in [6.07, 6.45) is 8.41. The van der Waals surface area contributed by atoms with Gasteiger partial charge in [-0.1, -0.05) is 0 Å². The number of carbonyl (C=O) groups excluding carboxylic acids is 1. The fourth-order valence-corrected chi connectivity index (χ4v) is 6.92. The van der Waals surface area contributed by atoms with Gasteiger partial charge in [-0.05, 0) is 94.4 Å². The molecule has 0 amide bonds. The summed E-state index contributed by atoms with van der Waals surface area (Å²) in [6, 6.07) is 7.11. The van der Waals surface area contributed by atoms with Crippen LogP contribution in [0.4, 0.5) is 0 Å². The second-order valence-electron chi connectivity index (χ2n) is 9.27. The third kappa shape index (κ3) is 3.49. The molecule has 26 heavy (non-hydrogen) atoms. The van der Waals surface area contributed by atoms with Gasteiger partial charge in [0.2, 0.25) is 0 Å². The van der Waals surface area contributed by atoms with Gasteiger partial charge >= 0.3 is 5.97 Å². The number of benzene rings is 1. The number of hydrogen-bond acceptors (Lipinski definition) is 4. The first kappa shape index (κ1) is 18.2. The van der Waals surface area contributed by atoms with Gasteiger partial charge in [0.05, 0.1) is 6.42 Å². The fourth-order valence-electron chi connectivity index (χ4n) is 6.09. The molecule has 4 heteroatoms. The zero-order chi connectivity index (χ0) is 18.4. The predicted molar refractivity (Wildman–Crippen MR) is 104 cm³/mol. The Balaban J connectivity index is 1.32. The number of ether oxygens (including phenoxy) is 1. The summed E-state index contributed by atoms with van der Waals surface area (Å²) < 4.78 is 6.09. The van der Waals surface area contributed by atoms with Crippen molar-refractivity contribution in [3.63, 3.8) is 0 Å². The van der Waals surface area contributed by atoms with Gasteiger partial charge < -0.3 is 9.84 Å². The van der Waals surface area contributed by atoms with E-state index in [1.54, 1.807) is 23.9 Å². The molecule has 1 N–H and O–H groups in total. The average molecular weight is 375 g/mol. The summed E-state index contributed by atoms with van der Waals surface area (Å²) in [6.45, 7) is 4.32. The number of aromatic hydroxyl groups is 1. The van der Waals surface area contributed by atoms with E-state index in [9.17, 15) is 9.90 Å². The zero-order valence-corrected chi connectivity index (χ0v) is 16.7. The minimum atomic E-state index is -0.358. The minimum Gasteiger partial charge on any atom is -0.508 e. The molecule has 5 rings (SSSR count). The van der Waals surface area contributed by atoms with Crippen LogP contribution in [-0.4, -0.2) is 22.4 Å². The van der Waals surface area contributed by atoms with E-state index < -0.39 is 0 Å². The lowest BCUT2D eigenvalue weighted by atomic mass is 9.46. The van der Waals surface area contributed by atoms with E-state index in [2.05, 4.69) is 13.8 Å². The number of hydrogen-bond donors (Lipinski definition) is 1. The Kier molecular flexibility index (Phi) is 4.75. The Labute approximate surface area is 160 Å². The van der Waals surface area contributed by atoms with Gasteiger partial charge in [-0.25, -0.2) is 0 Å². The van der Waals surface area contributed by atoms with E-state index in [0.29, 0.717) is 12.2 Å². The van der Waals surface area contributed by atoms with Crippen molar-refractivity contribution in [2.75, 3.05) is 5.75 Å². The molecule has 3 nitrogen and oxygen atoms in total. The quantitative estimate of drug-likeness (QED) is 0.534. The monoisotopic (exact) mass is 374 g/mol. The average Bonchev–Trinajstić information content (AvgIpc) is 2.55. The Hall–Kier alpha value is -1.16. The van der Waals surface area contributed by atoms with Gasteiger partial charge in [-0.15, -0.1) is 11.8 Å². The molecule has 0 aliphatic heterocycles. The molecule has 0 heterocycles. The minimum absolute atomic E-state index is 0.0722. The van der Waals surface area contributed by atoms with Crippen LogP contribution in [0.3, 0.4) is 0 Å². The second kappa shape index (κ2) is 6.78. The van der Waals surface area contributed by atoms with Crippen molar-refractivity contribution in [2.45, 2.75) is 69.3 Å². The van der Waals surface area contributed by atoms with Crippen LogP contribution in [0, 0.1) is 23.2 Å². The van der Waals surface area contributed by atoms with Crippen molar-refractivity contribution < 1.29 is 14.6 Å². The Bertz CT molecular complexity index is 629. The second-order valence-corrected chi connectivity index (χ2v) is 10.4. The smallest absolute Gasteiger partial charge is 0.307 e. The van der Waals surface area contributed by atoms with Crippen LogP contribution < -0.4 is 0 Å². The summed E-state index contributed by atoms with van der Waals surface area (Å²) in [5.74, 6) is 3.50. The number of rotatable bonds is 6. The molecule has 0 unspecified atom stereocenters. The third-order valence-electron chi connectivity index (χ3n) is 7.10. The number of phenols is 1. The largest absolute Gasteiger partial charge is 0.508 e. The van der Waals surface area contributed by atoms with Crippen LogP contribution >= 0.6 is 11.8 Å². The first-order valence-electron chi connectivity index (χ1n) is 9.99. The highest BCUT2D eigenvalue weighted by Crippen LogP contribution is 2.64. The molecule has 1 aromatic rings. The Morgan fingerprint density at radius 1 is 1.12 bits per heavy atom. The van der Waals surface area contributed by atoms with Crippen LogP contribution in [0.5, 0.6) is 5.75 Å². The number of esters is 1. The van der Waals surface area contributed by atoms with E-state index in [-0.39, 0.29) is 22.7 Å². The van der Waals surface area contributed by atoms with Crippen molar-refractivity contribution in [1.29, 1.82) is 0 Å². The van der Waals surface area contributed by atoms with Crippen molar-refractivity contribution in [1.82, 2.24) is 0 Å². The molecule has 4 fully saturated rings. The summed E-state index contributed by atoms with van der Waals surface area (Å²) in [7, 11) is 0. The maximum atomic E-state index is 12.5. The van der Waals surface area contributed by atoms with E-state index >= 15 is 0 Å². The van der Waals surface area contributed by atoms with Gasteiger partial charge in [-0.2, -0.15) is 0 Å². The molecule has 0 radical (unpaired) electrons. The molecular weight excluding hydrogens is 344 g/mol. The highest BCUT2D eigenvalue weighted by Gasteiger charge is 2.58. The molecule has 0 atom stereocenters. The summed E-state index contributed by atoms with van der Waals surface area (Å²) in [5.41, 5.74) is -0.148. The summed E-state index contributed by atoms with van der Waals surface area (Å²) >= 11 is 1.63. The lowest BCUT2D eigenvalue weighted by Gasteiger charge is -2.61. The van der Waals surface area contributed by atoms with Crippen LogP contribution in [0.1, 0.15) is 58.8 Å². The highest BCUT2D eigenvalue weighted by molar-refractivity contribution is 7.99. The first-order chi connectivity index (χ1) is 12.4. The molecule has 0 saturated heterocycles. The Morgan fingerprint density at radius 2 is 1.65 bits per heavy atom. The molecule has 0 spiro atoms. The molecule has 4 bridgehead atoms. The molecular formula is C22H30O3S. The van der Waals surface area contributed by atoms with Gasteiger partial charge in [0.15, 0.2) is 0 Å². The third-order valence-corrected chi connectivity index (χ3v) is 8.11. The fraction of sp³-hybridized carbons (Fsp3) is 0.682. The normalized spacial score (nSPS) is 32.6. The molecule has 4 aliphatic carbocycles. The zero-order valence-electron chi connectivity index (χ0n) is 15.9. The Morgan fingerprint density at radius 3 is 2.19 bits per heavy atom. The van der Waals surface area contributed by atoms with E-state index in [1.165, 1.54) is 38.5 Å².